The summed E-state index contributed by atoms with van der Waals surface area (Å²) in [5.41, 5.74) is 1.44. The van der Waals surface area contributed by atoms with Gasteiger partial charge in [-0.2, -0.15) is 0 Å². The van der Waals surface area contributed by atoms with Crippen LogP contribution in [-0.2, 0) is 9.47 Å². The minimum Gasteiger partial charge on any atom is -0.348 e. The van der Waals surface area contributed by atoms with Crippen LogP contribution in [0.15, 0.2) is 10.6 Å². The molecule has 17 heavy (non-hydrogen) atoms. The summed E-state index contributed by atoms with van der Waals surface area (Å²) in [5.74, 6) is -0.274. The summed E-state index contributed by atoms with van der Waals surface area (Å²) in [6.07, 6.45) is 4.13. The van der Waals surface area contributed by atoms with Crippen molar-refractivity contribution in [2.45, 2.75) is 37.5 Å². The maximum Gasteiger partial charge on any atom is 0.168 e. The topological polar surface area (TPSA) is 21.7 Å². The molecule has 0 amide bonds. The van der Waals surface area contributed by atoms with E-state index in [-0.39, 0.29) is 5.79 Å². The summed E-state index contributed by atoms with van der Waals surface area (Å²) < 4.78 is 11.4. The molecule has 0 aromatic rings. The van der Waals surface area contributed by atoms with Crippen LogP contribution in [-0.4, -0.2) is 43.5 Å². The van der Waals surface area contributed by atoms with Gasteiger partial charge in [0.05, 0.1) is 13.2 Å². The molecule has 0 aromatic carbocycles. The van der Waals surface area contributed by atoms with Crippen molar-refractivity contribution in [1.82, 2.24) is 4.90 Å². The standard InChI is InChI=1S/C12H19Cl2NO2/c1-15(9-10(14)8-13)11-2-4-12(5-3-11)16-6-7-17-12/h8,11H,2-7,9H2,1H3. The molecule has 1 heterocycles. The second-order valence-corrected chi connectivity index (χ2v) is 5.51. The number of ether oxygens (including phenoxy) is 2. The van der Waals surface area contributed by atoms with Crippen LogP contribution in [0.4, 0.5) is 0 Å². The van der Waals surface area contributed by atoms with E-state index in [1.807, 2.05) is 0 Å². The van der Waals surface area contributed by atoms with Crippen LogP contribution >= 0.6 is 23.2 Å². The minimum absolute atomic E-state index is 0.274. The summed E-state index contributed by atoms with van der Waals surface area (Å²) >= 11 is 11.5. The average molecular weight is 280 g/mol. The molecular weight excluding hydrogens is 261 g/mol. The minimum atomic E-state index is -0.274. The van der Waals surface area contributed by atoms with Crippen molar-refractivity contribution in [2.24, 2.45) is 0 Å². The van der Waals surface area contributed by atoms with E-state index in [9.17, 15) is 0 Å². The van der Waals surface area contributed by atoms with Crippen LogP contribution in [0.5, 0.6) is 0 Å². The highest BCUT2D eigenvalue weighted by Gasteiger charge is 2.40. The fourth-order valence-corrected chi connectivity index (χ4v) is 2.93. The molecule has 1 spiro atoms. The molecule has 0 unspecified atom stereocenters. The molecule has 2 aliphatic rings. The second-order valence-electron chi connectivity index (χ2n) is 4.81. The van der Waals surface area contributed by atoms with Gasteiger partial charge in [0.15, 0.2) is 5.79 Å². The first-order valence-electron chi connectivity index (χ1n) is 6.08. The van der Waals surface area contributed by atoms with Crippen LogP contribution in [0, 0.1) is 0 Å². The predicted octanol–water partition coefficient (Wildman–Crippen LogP) is 2.92. The molecule has 98 valence electrons. The lowest BCUT2D eigenvalue weighted by molar-refractivity contribution is -0.183. The maximum absolute atomic E-state index is 5.94. The average Bonchev–Trinajstić information content (AvgIpc) is 2.78. The molecule has 1 aliphatic heterocycles. The molecule has 3 nitrogen and oxygen atoms in total. The smallest absolute Gasteiger partial charge is 0.168 e. The zero-order valence-corrected chi connectivity index (χ0v) is 11.6. The van der Waals surface area contributed by atoms with Crippen LogP contribution in [0.25, 0.3) is 0 Å². The van der Waals surface area contributed by atoms with Gasteiger partial charge in [-0.1, -0.05) is 23.2 Å². The predicted molar refractivity (Wildman–Crippen MR) is 69.3 cm³/mol. The molecule has 1 saturated heterocycles. The zero-order valence-electron chi connectivity index (χ0n) is 10.1. The van der Waals surface area contributed by atoms with Crippen molar-refractivity contribution in [1.29, 1.82) is 0 Å². The van der Waals surface area contributed by atoms with Crippen LogP contribution < -0.4 is 0 Å². The molecule has 2 fully saturated rings. The van der Waals surface area contributed by atoms with Crippen molar-refractivity contribution in [2.75, 3.05) is 26.8 Å². The molecular formula is C12H19Cl2NO2. The van der Waals surface area contributed by atoms with Crippen LogP contribution in [0.1, 0.15) is 25.7 Å². The Bertz CT molecular complexity index is 280. The lowest BCUT2D eigenvalue weighted by Crippen LogP contribution is -2.43. The first-order chi connectivity index (χ1) is 8.15. The van der Waals surface area contributed by atoms with E-state index in [0.717, 1.165) is 38.9 Å². The lowest BCUT2D eigenvalue weighted by atomic mass is 9.89. The van der Waals surface area contributed by atoms with E-state index in [0.29, 0.717) is 17.6 Å². The van der Waals surface area contributed by atoms with Crippen molar-refractivity contribution in [3.05, 3.63) is 10.6 Å². The van der Waals surface area contributed by atoms with E-state index in [1.165, 1.54) is 5.54 Å². The third kappa shape index (κ3) is 3.36. The third-order valence-corrected chi connectivity index (χ3v) is 4.28. The normalized spacial score (nSPS) is 26.0. The number of halogens is 2. The van der Waals surface area contributed by atoms with Gasteiger partial charge in [-0.05, 0) is 19.9 Å². The van der Waals surface area contributed by atoms with E-state index in [2.05, 4.69) is 11.9 Å². The highest BCUT2D eigenvalue weighted by Crippen LogP contribution is 2.37. The Morgan fingerprint density at radius 2 is 1.94 bits per heavy atom. The van der Waals surface area contributed by atoms with Gasteiger partial charge in [-0.25, -0.2) is 0 Å². The summed E-state index contributed by atoms with van der Waals surface area (Å²) in [4.78, 5) is 2.25. The number of hydrogen-bond acceptors (Lipinski definition) is 3. The Morgan fingerprint density at radius 3 is 2.47 bits per heavy atom. The molecule has 2 rings (SSSR count). The largest absolute Gasteiger partial charge is 0.348 e. The Labute approximate surface area is 113 Å². The fourth-order valence-electron chi connectivity index (χ4n) is 2.67. The Hall–Kier alpha value is 0.200. The molecule has 1 saturated carbocycles. The molecule has 0 N–H and O–H groups in total. The molecule has 0 aromatic heterocycles. The van der Waals surface area contributed by atoms with Gasteiger partial charge in [0.2, 0.25) is 0 Å². The highest BCUT2D eigenvalue weighted by atomic mass is 35.5. The number of nitrogens with zero attached hydrogens (tertiary/aromatic N) is 1. The summed E-state index contributed by atoms with van der Waals surface area (Å²) in [5, 5.41) is 0.683. The van der Waals surface area contributed by atoms with E-state index in [4.69, 9.17) is 32.7 Å². The van der Waals surface area contributed by atoms with Gasteiger partial charge in [-0.3, -0.25) is 4.90 Å². The molecule has 5 heteroatoms. The summed E-state index contributed by atoms with van der Waals surface area (Å²) in [7, 11) is 2.09. The first-order valence-corrected chi connectivity index (χ1v) is 6.89. The van der Waals surface area contributed by atoms with E-state index in [1.54, 1.807) is 0 Å². The second kappa shape index (κ2) is 5.89. The van der Waals surface area contributed by atoms with E-state index >= 15 is 0 Å². The Morgan fingerprint density at radius 1 is 1.35 bits per heavy atom. The van der Waals surface area contributed by atoms with Gasteiger partial charge >= 0.3 is 0 Å². The van der Waals surface area contributed by atoms with E-state index < -0.39 is 0 Å². The Balaban J connectivity index is 1.82. The Kier molecular flexibility index (Phi) is 4.72. The SMILES string of the molecule is CN(CC(Cl)=CCl)C1CCC2(CC1)OCCO2. The number of rotatable bonds is 3. The monoisotopic (exact) mass is 279 g/mol. The number of hydrogen-bond donors (Lipinski definition) is 0. The molecule has 0 bridgehead atoms. The van der Waals surface area contributed by atoms with Crippen LogP contribution in [0.3, 0.4) is 0 Å². The van der Waals surface area contributed by atoms with Gasteiger partial charge in [0.25, 0.3) is 0 Å². The lowest BCUT2D eigenvalue weighted by Gasteiger charge is -2.39. The van der Waals surface area contributed by atoms with Crippen molar-refractivity contribution >= 4 is 23.2 Å². The van der Waals surface area contributed by atoms with Crippen LogP contribution in [0.2, 0.25) is 0 Å². The highest BCUT2D eigenvalue weighted by molar-refractivity contribution is 6.36. The molecule has 1 aliphatic carbocycles. The summed E-state index contributed by atoms with van der Waals surface area (Å²) in [6.45, 7) is 2.19. The van der Waals surface area contributed by atoms with Crippen molar-refractivity contribution in [3.8, 4) is 0 Å². The first kappa shape index (κ1) is 13.6. The quantitative estimate of drug-likeness (QED) is 0.793. The zero-order chi connectivity index (χ0) is 12.3. The van der Waals surface area contributed by atoms with Gasteiger partial charge < -0.3 is 9.47 Å². The van der Waals surface area contributed by atoms with Gasteiger partial charge in [0, 0.05) is 36.0 Å². The molecule has 0 atom stereocenters. The fraction of sp³-hybridized carbons (Fsp3) is 0.833. The van der Waals surface area contributed by atoms with Crippen molar-refractivity contribution < 1.29 is 9.47 Å². The van der Waals surface area contributed by atoms with Gasteiger partial charge in [-0.15, -0.1) is 0 Å². The molecule has 0 radical (unpaired) electrons. The maximum atomic E-state index is 5.94. The van der Waals surface area contributed by atoms with Gasteiger partial charge in [0.1, 0.15) is 0 Å². The van der Waals surface area contributed by atoms with Crippen molar-refractivity contribution in [3.63, 3.8) is 0 Å². The number of likely N-dealkylation sites (N-methyl/N-ethyl adjacent to an activating group) is 1. The third-order valence-electron chi connectivity index (χ3n) is 3.67. The summed E-state index contributed by atoms with van der Waals surface area (Å²) in [6, 6.07) is 0.541.